The normalized spacial score (nSPS) is 17.6. The van der Waals surface area contributed by atoms with Gasteiger partial charge >= 0.3 is 0 Å². The molecule has 0 spiro atoms. The summed E-state index contributed by atoms with van der Waals surface area (Å²) < 4.78 is 32.2. The topological polar surface area (TPSA) is 83.0 Å². The average Bonchev–Trinajstić information content (AvgIpc) is 2.77. The summed E-state index contributed by atoms with van der Waals surface area (Å²) in [6, 6.07) is 13.3. The van der Waals surface area contributed by atoms with Crippen molar-refractivity contribution in [2.24, 2.45) is 4.99 Å². The Balaban J connectivity index is 1.74. The molecule has 31 heavy (non-hydrogen) atoms. The number of nitrogens with one attached hydrogen (secondary N) is 2. The molecule has 1 fully saturated rings. The molecule has 1 aliphatic rings. The van der Waals surface area contributed by atoms with Gasteiger partial charge in [0.25, 0.3) is 0 Å². The summed E-state index contributed by atoms with van der Waals surface area (Å²) in [5, 5.41) is 3.38. The van der Waals surface area contributed by atoms with Gasteiger partial charge in [-0.1, -0.05) is 35.9 Å². The van der Waals surface area contributed by atoms with Crippen LogP contribution in [0.25, 0.3) is 0 Å². The highest BCUT2D eigenvalue weighted by molar-refractivity contribution is 7.89. The van der Waals surface area contributed by atoms with Crippen molar-refractivity contribution in [2.45, 2.75) is 38.3 Å². The maximum absolute atomic E-state index is 11.9. The summed E-state index contributed by atoms with van der Waals surface area (Å²) in [5.74, 6) is 0.840. The number of sulfonamides is 1. The van der Waals surface area contributed by atoms with E-state index in [1.165, 1.54) is 23.7 Å². The molecule has 2 aromatic rings. The van der Waals surface area contributed by atoms with E-state index in [0.717, 1.165) is 31.2 Å². The summed E-state index contributed by atoms with van der Waals surface area (Å²) in [6.45, 7) is 9.65. The number of hydrogen-bond donors (Lipinski definition) is 2. The van der Waals surface area contributed by atoms with Gasteiger partial charge in [-0.25, -0.2) is 18.1 Å². The standard InChI is InChI=1S/C23H32N4O3S/c1-5-25-23(26-15-19-7-9-20(10-8-19)31(28,29)24-4)27-12-13-30-22(16-27)21-11-6-17(2)14-18(21)3/h6-11,14,22,24H,5,12-13,15-16H2,1-4H3,(H,25,26). The first-order chi connectivity index (χ1) is 14.8. The van der Waals surface area contributed by atoms with Crippen LogP contribution in [0.2, 0.25) is 0 Å². The fourth-order valence-electron chi connectivity index (χ4n) is 3.70. The molecular formula is C23H32N4O3S. The first kappa shape index (κ1) is 23.2. The second kappa shape index (κ2) is 10.3. The number of nitrogens with zero attached hydrogens (tertiary/aromatic N) is 2. The van der Waals surface area contributed by atoms with Gasteiger partial charge < -0.3 is 15.0 Å². The SMILES string of the molecule is CCNC(=NCc1ccc(S(=O)(=O)NC)cc1)N1CCOC(c2ccc(C)cc2C)C1. The van der Waals surface area contributed by atoms with Crippen LogP contribution in [0, 0.1) is 13.8 Å². The molecule has 1 unspecified atom stereocenters. The molecule has 2 N–H and O–H groups in total. The molecule has 7 nitrogen and oxygen atoms in total. The minimum Gasteiger partial charge on any atom is -0.370 e. The van der Waals surface area contributed by atoms with Crippen molar-refractivity contribution in [3.8, 4) is 0 Å². The Morgan fingerprint density at radius 1 is 1.19 bits per heavy atom. The molecule has 0 amide bonds. The number of aryl methyl sites for hydroxylation is 2. The number of morpholine rings is 1. The van der Waals surface area contributed by atoms with Crippen LogP contribution in [0.15, 0.2) is 52.4 Å². The van der Waals surface area contributed by atoms with E-state index in [1.807, 2.05) is 0 Å². The zero-order chi connectivity index (χ0) is 22.4. The van der Waals surface area contributed by atoms with Crippen LogP contribution >= 0.6 is 0 Å². The maximum Gasteiger partial charge on any atom is 0.240 e. The lowest BCUT2D eigenvalue weighted by atomic mass is 10.00. The molecule has 2 aromatic carbocycles. The first-order valence-electron chi connectivity index (χ1n) is 10.6. The Morgan fingerprint density at radius 2 is 1.94 bits per heavy atom. The summed E-state index contributed by atoms with van der Waals surface area (Å²) in [6.07, 6.45) is 0.00393. The maximum atomic E-state index is 11.9. The van der Waals surface area contributed by atoms with E-state index in [-0.39, 0.29) is 11.0 Å². The molecule has 3 rings (SSSR count). The third-order valence-corrected chi connectivity index (χ3v) is 6.82. The first-order valence-corrected chi connectivity index (χ1v) is 12.1. The van der Waals surface area contributed by atoms with E-state index in [9.17, 15) is 8.42 Å². The van der Waals surface area contributed by atoms with Crippen molar-refractivity contribution in [1.29, 1.82) is 0 Å². The number of ether oxygens (including phenoxy) is 1. The highest BCUT2D eigenvalue weighted by Crippen LogP contribution is 2.26. The Kier molecular flexibility index (Phi) is 7.69. The van der Waals surface area contributed by atoms with E-state index in [1.54, 1.807) is 24.3 Å². The number of benzene rings is 2. The zero-order valence-electron chi connectivity index (χ0n) is 18.7. The number of aliphatic imine (C=N–C) groups is 1. The van der Waals surface area contributed by atoms with E-state index >= 15 is 0 Å². The average molecular weight is 445 g/mol. The quantitative estimate of drug-likeness (QED) is 0.529. The zero-order valence-corrected chi connectivity index (χ0v) is 19.5. The van der Waals surface area contributed by atoms with Crippen LogP contribution in [0.5, 0.6) is 0 Å². The van der Waals surface area contributed by atoms with Crippen LogP contribution in [-0.2, 0) is 21.3 Å². The minimum absolute atomic E-state index is 0.00393. The van der Waals surface area contributed by atoms with E-state index in [2.05, 4.69) is 53.9 Å². The molecule has 1 heterocycles. The molecule has 0 aliphatic carbocycles. The summed E-state index contributed by atoms with van der Waals surface area (Å²) >= 11 is 0. The molecule has 0 bridgehead atoms. The number of hydrogen-bond acceptors (Lipinski definition) is 4. The summed E-state index contributed by atoms with van der Waals surface area (Å²) in [5.41, 5.74) is 4.65. The van der Waals surface area contributed by atoms with Gasteiger partial charge in [-0.3, -0.25) is 0 Å². The van der Waals surface area contributed by atoms with Gasteiger partial charge in [-0.05, 0) is 56.6 Å². The van der Waals surface area contributed by atoms with Crippen LogP contribution in [0.1, 0.15) is 35.3 Å². The molecule has 168 valence electrons. The molecule has 0 radical (unpaired) electrons. The number of rotatable bonds is 6. The highest BCUT2D eigenvalue weighted by atomic mass is 32.2. The van der Waals surface area contributed by atoms with Crippen LogP contribution in [0.4, 0.5) is 0 Å². The minimum atomic E-state index is -3.43. The Labute approximate surface area is 185 Å². The van der Waals surface area contributed by atoms with Crippen molar-refractivity contribution in [3.63, 3.8) is 0 Å². The van der Waals surface area contributed by atoms with Crippen LogP contribution in [0.3, 0.4) is 0 Å². The lowest BCUT2D eigenvalue weighted by Crippen LogP contribution is -2.48. The van der Waals surface area contributed by atoms with E-state index < -0.39 is 10.0 Å². The second-order valence-electron chi connectivity index (χ2n) is 7.69. The van der Waals surface area contributed by atoms with Gasteiger partial charge in [0.05, 0.1) is 24.6 Å². The van der Waals surface area contributed by atoms with Crippen molar-refractivity contribution in [1.82, 2.24) is 14.9 Å². The van der Waals surface area contributed by atoms with Gasteiger partial charge in [0.15, 0.2) is 5.96 Å². The Bertz CT molecular complexity index is 1020. The third-order valence-electron chi connectivity index (χ3n) is 5.39. The second-order valence-corrected chi connectivity index (χ2v) is 9.57. The van der Waals surface area contributed by atoms with E-state index in [4.69, 9.17) is 9.73 Å². The lowest BCUT2D eigenvalue weighted by molar-refractivity contribution is -0.00834. The summed E-state index contributed by atoms with van der Waals surface area (Å²) in [7, 11) is -2.02. The molecule has 0 saturated carbocycles. The predicted octanol–water partition coefficient (Wildman–Crippen LogP) is 2.75. The Hall–Kier alpha value is -2.42. The van der Waals surface area contributed by atoms with E-state index in [0.29, 0.717) is 13.2 Å². The predicted molar refractivity (Wildman–Crippen MR) is 124 cm³/mol. The van der Waals surface area contributed by atoms with Crippen LogP contribution in [-0.4, -0.2) is 52.6 Å². The van der Waals surface area contributed by atoms with Crippen LogP contribution < -0.4 is 10.0 Å². The van der Waals surface area contributed by atoms with Gasteiger partial charge in [0.2, 0.25) is 10.0 Å². The van der Waals surface area contributed by atoms with Gasteiger partial charge in [-0.15, -0.1) is 0 Å². The van der Waals surface area contributed by atoms with Crippen molar-refractivity contribution >= 4 is 16.0 Å². The van der Waals surface area contributed by atoms with Gasteiger partial charge in [-0.2, -0.15) is 0 Å². The highest BCUT2D eigenvalue weighted by Gasteiger charge is 2.25. The monoisotopic (exact) mass is 444 g/mol. The largest absolute Gasteiger partial charge is 0.370 e. The lowest BCUT2D eigenvalue weighted by Gasteiger charge is -2.36. The third kappa shape index (κ3) is 5.84. The van der Waals surface area contributed by atoms with Crippen molar-refractivity contribution in [3.05, 3.63) is 64.7 Å². The molecule has 1 atom stereocenters. The molecular weight excluding hydrogens is 412 g/mol. The fourth-order valence-corrected chi connectivity index (χ4v) is 4.43. The van der Waals surface area contributed by atoms with Gasteiger partial charge in [0.1, 0.15) is 6.10 Å². The smallest absolute Gasteiger partial charge is 0.240 e. The molecule has 0 aromatic heterocycles. The molecule has 1 aliphatic heterocycles. The summed E-state index contributed by atoms with van der Waals surface area (Å²) in [4.78, 5) is 7.28. The fraction of sp³-hybridized carbons (Fsp3) is 0.435. The van der Waals surface area contributed by atoms with Crippen molar-refractivity contribution in [2.75, 3.05) is 33.3 Å². The number of guanidine groups is 1. The molecule has 8 heteroatoms. The van der Waals surface area contributed by atoms with Gasteiger partial charge in [0, 0.05) is 13.1 Å². The van der Waals surface area contributed by atoms with Crippen molar-refractivity contribution < 1.29 is 13.2 Å². The Morgan fingerprint density at radius 3 is 2.58 bits per heavy atom. The molecule has 1 saturated heterocycles.